The number of rotatable bonds is 5. The molecule has 1 aliphatic carbocycles. The van der Waals surface area contributed by atoms with E-state index in [0.717, 1.165) is 29.2 Å². The van der Waals surface area contributed by atoms with Gasteiger partial charge in [-0.1, -0.05) is 54.6 Å². The van der Waals surface area contributed by atoms with E-state index < -0.39 is 11.9 Å². The number of hydrogen-bond acceptors (Lipinski definition) is 5. The first-order valence-corrected chi connectivity index (χ1v) is 11.1. The van der Waals surface area contributed by atoms with E-state index in [-0.39, 0.29) is 23.8 Å². The molecule has 0 radical (unpaired) electrons. The fourth-order valence-corrected chi connectivity index (χ4v) is 4.02. The van der Waals surface area contributed by atoms with Crippen LogP contribution in [0.2, 0.25) is 0 Å². The van der Waals surface area contributed by atoms with E-state index in [0.29, 0.717) is 17.7 Å². The molecule has 3 amide bonds. The summed E-state index contributed by atoms with van der Waals surface area (Å²) in [4.78, 5) is 37.9. The number of carbonyl (C=O) groups is 3. The Morgan fingerprint density at radius 3 is 2.21 bits per heavy atom. The molecule has 2 atom stereocenters. The van der Waals surface area contributed by atoms with Gasteiger partial charge in [0, 0.05) is 12.0 Å². The molecule has 33 heavy (non-hydrogen) atoms. The van der Waals surface area contributed by atoms with Gasteiger partial charge in [0.15, 0.2) is 0 Å². The molecular weight excluding hydrogens is 418 g/mol. The van der Waals surface area contributed by atoms with Crippen molar-refractivity contribution in [2.75, 3.05) is 5.32 Å². The van der Waals surface area contributed by atoms with Gasteiger partial charge in [0.1, 0.15) is 6.04 Å². The van der Waals surface area contributed by atoms with Crippen LogP contribution in [-0.2, 0) is 9.59 Å². The summed E-state index contributed by atoms with van der Waals surface area (Å²) in [5.41, 5.74) is 12.9. The predicted molar refractivity (Wildman–Crippen MR) is 125 cm³/mol. The minimum Gasteiger partial charge on any atom is -0.325 e. The molecule has 2 aliphatic rings. The Hall–Kier alpha value is -3.75. The lowest BCUT2D eigenvalue weighted by Gasteiger charge is -2.15. The Morgan fingerprint density at radius 2 is 1.48 bits per heavy atom. The maximum absolute atomic E-state index is 13.0. The average Bonchev–Trinajstić information content (AvgIpc) is 3.59. The monoisotopic (exact) mass is 443 g/mol. The molecule has 8 heteroatoms. The Labute approximate surface area is 191 Å². The van der Waals surface area contributed by atoms with Crippen molar-refractivity contribution in [1.82, 2.24) is 21.7 Å². The number of nitrogens with one attached hydrogen (secondary N) is 5. The van der Waals surface area contributed by atoms with Gasteiger partial charge < -0.3 is 5.32 Å². The van der Waals surface area contributed by atoms with E-state index >= 15 is 0 Å². The highest BCUT2D eigenvalue weighted by molar-refractivity contribution is 6.08. The summed E-state index contributed by atoms with van der Waals surface area (Å²) >= 11 is 0. The second-order valence-electron chi connectivity index (χ2n) is 8.49. The van der Waals surface area contributed by atoms with E-state index in [1.165, 1.54) is 0 Å². The molecule has 2 unspecified atom stereocenters. The molecule has 1 aliphatic heterocycles. The maximum atomic E-state index is 13.0. The van der Waals surface area contributed by atoms with Crippen LogP contribution in [0.25, 0.3) is 10.8 Å². The van der Waals surface area contributed by atoms with Gasteiger partial charge in [-0.3, -0.25) is 25.2 Å². The topological polar surface area (TPSA) is 111 Å². The van der Waals surface area contributed by atoms with Crippen molar-refractivity contribution in [3.8, 4) is 0 Å². The van der Waals surface area contributed by atoms with Crippen LogP contribution in [-0.4, -0.2) is 23.8 Å². The molecule has 0 aromatic heterocycles. The molecule has 5 rings (SSSR count). The SMILES string of the molecule is O=C(NNC(=O)C1CC(c2ccccc2)NN1)c1cc2ccccc2cc1NC(=O)C1CC1. The van der Waals surface area contributed by atoms with Crippen molar-refractivity contribution >= 4 is 34.2 Å². The molecule has 5 N–H and O–H groups in total. The van der Waals surface area contributed by atoms with Gasteiger partial charge in [0.05, 0.1) is 11.3 Å². The number of hydrazine groups is 2. The summed E-state index contributed by atoms with van der Waals surface area (Å²) in [6.07, 6.45) is 2.27. The van der Waals surface area contributed by atoms with Gasteiger partial charge in [0.2, 0.25) is 5.91 Å². The van der Waals surface area contributed by atoms with Gasteiger partial charge in [-0.2, -0.15) is 0 Å². The summed E-state index contributed by atoms with van der Waals surface area (Å²) in [5, 5.41) is 4.66. The van der Waals surface area contributed by atoms with Gasteiger partial charge in [-0.15, -0.1) is 0 Å². The summed E-state index contributed by atoms with van der Waals surface area (Å²) in [7, 11) is 0. The van der Waals surface area contributed by atoms with Crippen molar-refractivity contribution in [2.24, 2.45) is 5.92 Å². The van der Waals surface area contributed by atoms with Crippen LogP contribution >= 0.6 is 0 Å². The zero-order valence-corrected chi connectivity index (χ0v) is 17.9. The fourth-order valence-electron chi connectivity index (χ4n) is 4.02. The molecule has 8 nitrogen and oxygen atoms in total. The van der Waals surface area contributed by atoms with Crippen LogP contribution < -0.4 is 27.0 Å². The van der Waals surface area contributed by atoms with Crippen molar-refractivity contribution in [3.63, 3.8) is 0 Å². The molecule has 0 spiro atoms. The van der Waals surface area contributed by atoms with Crippen LogP contribution in [0.5, 0.6) is 0 Å². The highest BCUT2D eigenvalue weighted by atomic mass is 16.2. The number of amides is 3. The van der Waals surface area contributed by atoms with Crippen LogP contribution in [0, 0.1) is 5.92 Å². The molecule has 168 valence electrons. The normalized spacial score (nSPS) is 19.8. The second-order valence-corrected chi connectivity index (χ2v) is 8.49. The third-order valence-corrected chi connectivity index (χ3v) is 6.06. The van der Waals surface area contributed by atoms with Crippen LogP contribution in [0.3, 0.4) is 0 Å². The fraction of sp³-hybridized carbons (Fsp3) is 0.240. The first kappa shape index (κ1) is 21.1. The molecule has 1 heterocycles. The lowest BCUT2D eigenvalue weighted by molar-refractivity contribution is -0.123. The minimum atomic E-state index is -0.499. The molecule has 1 saturated carbocycles. The Kier molecular flexibility index (Phi) is 5.77. The molecule has 3 aromatic carbocycles. The van der Waals surface area contributed by atoms with Crippen molar-refractivity contribution in [1.29, 1.82) is 0 Å². The number of benzene rings is 3. The zero-order valence-electron chi connectivity index (χ0n) is 17.9. The Bertz CT molecular complexity index is 1210. The standard InChI is InChI=1S/C25H25N5O3/c31-23(16-10-11-16)26-21-13-18-9-5-4-8-17(18)12-19(21)24(32)29-30-25(33)22-14-20(27-28-22)15-6-2-1-3-7-15/h1-9,12-13,16,20,22,27-28H,10-11,14H2,(H,26,31)(H,29,32)(H,30,33). The number of anilines is 1. The minimum absolute atomic E-state index is 0.00220. The summed E-state index contributed by atoms with van der Waals surface area (Å²) in [5.74, 6) is -0.925. The lowest BCUT2D eigenvalue weighted by atomic mass is 10.0. The van der Waals surface area contributed by atoms with E-state index in [1.807, 2.05) is 54.6 Å². The first-order chi connectivity index (χ1) is 16.1. The maximum Gasteiger partial charge on any atom is 0.271 e. The second kappa shape index (κ2) is 9.01. The molecule has 1 saturated heterocycles. The summed E-state index contributed by atoms with van der Waals surface area (Å²) in [6.45, 7) is 0. The third kappa shape index (κ3) is 4.72. The molecule has 0 bridgehead atoms. The smallest absolute Gasteiger partial charge is 0.271 e. The van der Waals surface area contributed by atoms with Crippen LogP contribution in [0.15, 0.2) is 66.7 Å². The first-order valence-electron chi connectivity index (χ1n) is 11.1. The van der Waals surface area contributed by atoms with Crippen LogP contribution in [0.1, 0.15) is 41.2 Å². The lowest BCUT2D eigenvalue weighted by Crippen LogP contribution is -2.50. The van der Waals surface area contributed by atoms with Gasteiger partial charge >= 0.3 is 0 Å². The van der Waals surface area contributed by atoms with Gasteiger partial charge in [-0.25, -0.2) is 10.9 Å². The number of hydrogen-bond donors (Lipinski definition) is 5. The molecular formula is C25H25N5O3. The molecule has 2 fully saturated rings. The van der Waals surface area contributed by atoms with Crippen molar-refractivity contribution < 1.29 is 14.4 Å². The van der Waals surface area contributed by atoms with Crippen LogP contribution in [0.4, 0.5) is 5.69 Å². The Morgan fingerprint density at radius 1 is 0.788 bits per heavy atom. The third-order valence-electron chi connectivity index (χ3n) is 6.06. The average molecular weight is 444 g/mol. The van der Waals surface area contributed by atoms with E-state index in [4.69, 9.17) is 0 Å². The van der Waals surface area contributed by atoms with E-state index in [1.54, 1.807) is 12.1 Å². The summed E-state index contributed by atoms with van der Waals surface area (Å²) < 4.78 is 0. The largest absolute Gasteiger partial charge is 0.325 e. The predicted octanol–water partition coefficient (Wildman–Crippen LogP) is 2.56. The van der Waals surface area contributed by atoms with E-state index in [2.05, 4.69) is 27.0 Å². The number of fused-ring (bicyclic) bond motifs is 1. The van der Waals surface area contributed by atoms with Gasteiger partial charge in [-0.05, 0) is 47.7 Å². The quantitative estimate of drug-likeness (QED) is 0.389. The van der Waals surface area contributed by atoms with Crippen molar-refractivity contribution in [2.45, 2.75) is 31.3 Å². The number of carbonyl (C=O) groups excluding carboxylic acids is 3. The highest BCUT2D eigenvalue weighted by Crippen LogP contribution is 2.32. The van der Waals surface area contributed by atoms with Crippen molar-refractivity contribution in [3.05, 3.63) is 77.9 Å². The Balaban J connectivity index is 1.26. The highest BCUT2D eigenvalue weighted by Gasteiger charge is 2.32. The molecule has 3 aromatic rings. The van der Waals surface area contributed by atoms with E-state index in [9.17, 15) is 14.4 Å². The summed E-state index contributed by atoms with van der Waals surface area (Å²) in [6, 6.07) is 20.5. The van der Waals surface area contributed by atoms with Gasteiger partial charge in [0.25, 0.3) is 11.8 Å². The zero-order chi connectivity index (χ0) is 22.8.